The molecule has 0 saturated carbocycles. The minimum Gasteiger partial charge on any atom is 0 e. The van der Waals surface area contributed by atoms with Crippen molar-refractivity contribution in [3.05, 3.63) is 95.6 Å². The maximum Gasteiger partial charge on any atom is 0 e. The molecule has 1 radical (unpaired) electrons. The molecule has 3 nitrogen and oxygen atoms in total. The van der Waals surface area contributed by atoms with E-state index in [0.717, 1.165) is 27.8 Å². The minimum atomic E-state index is -1.94. The van der Waals surface area contributed by atoms with Crippen LogP contribution in [0.25, 0.3) is 33.2 Å². The number of halogens is 1. The zero-order valence-electron chi connectivity index (χ0n) is 23.9. The third kappa shape index (κ3) is 8.44. The summed E-state index contributed by atoms with van der Waals surface area (Å²) in [6, 6.07) is 22.3. The van der Waals surface area contributed by atoms with Gasteiger partial charge in [0.1, 0.15) is 0 Å². The molecule has 1 aromatic heterocycles. The number of nitrogens with zero attached hydrogens (tertiary/aromatic N) is 1. The van der Waals surface area contributed by atoms with Crippen molar-refractivity contribution in [3.63, 3.8) is 0 Å². The van der Waals surface area contributed by atoms with Gasteiger partial charge in [0.15, 0.2) is 5.78 Å². The molecule has 0 fully saturated rings. The Bertz CT molecular complexity index is 1500. The first kappa shape index (κ1) is 32.6. The number of benzene rings is 3. The van der Waals surface area contributed by atoms with Gasteiger partial charge in [-0.2, -0.15) is 0 Å². The molecule has 0 aliphatic carbocycles. The van der Waals surface area contributed by atoms with Crippen LogP contribution in [0.5, 0.6) is 0 Å². The van der Waals surface area contributed by atoms with E-state index in [2.05, 4.69) is 91.6 Å². The predicted octanol–water partition coefficient (Wildman–Crippen LogP) is 8.52. The van der Waals surface area contributed by atoms with Gasteiger partial charge in [0.05, 0.1) is 5.76 Å². The maximum absolute atomic E-state index is 14.9. The number of hydrogen-bond acceptors (Lipinski definition) is 3. The molecule has 0 atom stereocenters. The van der Waals surface area contributed by atoms with Crippen LogP contribution < -0.4 is 4.40 Å². The molecule has 0 amide bonds. The molecule has 0 saturated heterocycles. The average Bonchev–Trinajstić information content (AvgIpc) is 2.82. The Morgan fingerprint density at radius 2 is 1.69 bits per heavy atom. The third-order valence-corrected chi connectivity index (χ3v) is 10.6. The van der Waals surface area contributed by atoms with Crippen molar-refractivity contribution < 1.29 is 34.4 Å². The number of hydrogen-bond donors (Lipinski definition) is 1. The normalized spacial score (nSPS) is 11.6. The molecular formula is C33H37FGeIrNO2-. The van der Waals surface area contributed by atoms with E-state index in [1.165, 1.54) is 41.5 Å². The molecule has 4 aromatic rings. The van der Waals surface area contributed by atoms with Crippen molar-refractivity contribution in [1.29, 1.82) is 0 Å². The van der Waals surface area contributed by atoms with E-state index >= 15 is 0 Å². The van der Waals surface area contributed by atoms with Gasteiger partial charge in [-0.25, -0.2) is 0 Å². The number of aliphatic hydroxyl groups is 1. The molecule has 0 spiro atoms. The summed E-state index contributed by atoms with van der Waals surface area (Å²) in [6.07, 6.45) is 2.51. The SMILES string of the molecule is CC(=O)/C=C(/C)O.Cc1c[c]([Ge]([CH3])([CH3])[CH3])ccc1-c1cc(-c2[c-]c3ccccc3c(C(C)C)c2)ncc1F.[Ir]. The van der Waals surface area contributed by atoms with Crippen molar-refractivity contribution >= 4 is 34.2 Å². The number of pyridine rings is 1. The van der Waals surface area contributed by atoms with E-state index in [-0.39, 0.29) is 37.5 Å². The number of rotatable bonds is 5. The summed E-state index contributed by atoms with van der Waals surface area (Å²) in [5, 5.41) is 10.6. The molecular weight excluding hydrogens is 726 g/mol. The number of carbonyl (C=O) groups excluding carboxylic acids is 1. The Labute approximate surface area is 248 Å². The van der Waals surface area contributed by atoms with Crippen LogP contribution in [0.1, 0.15) is 44.7 Å². The predicted molar refractivity (Wildman–Crippen MR) is 160 cm³/mol. The van der Waals surface area contributed by atoms with Gasteiger partial charge in [0, 0.05) is 26.2 Å². The summed E-state index contributed by atoms with van der Waals surface area (Å²) in [4.78, 5) is 14.4. The van der Waals surface area contributed by atoms with Gasteiger partial charge >= 0.3 is 182 Å². The van der Waals surface area contributed by atoms with E-state index < -0.39 is 13.3 Å². The van der Waals surface area contributed by atoms with E-state index in [9.17, 15) is 9.18 Å². The molecule has 0 aliphatic heterocycles. The van der Waals surface area contributed by atoms with Crippen LogP contribution in [-0.2, 0) is 24.9 Å². The summed E-state index contributed by atoms with van der Waals surface area (Å²) < 4.78 is 16.3. The van der Waals surface area contributed by atoms with Crippen molar-refractivity contribution in [2.24, 2.45) is 0 Å². The van der Waals surface area contributed by atoms with E-state index in [4.69, 9.17) is 5.11 Å². The summed E-state index contributed by atoms with van der Waals surface area (Å²) in [6.45, 7) is 9.31. The van der Waals surface area contributed by atoms with Gasteiger partial charge in [-0.1, -0.05) is 6.07 Å². The largest absolute Gasteiger partial charge is 0 e. The van der Waals surface area contributed by atoms with Gasteiger partial charge in [-0.05, 0) is 13.8 Å². The van der Waals surface area contributed by atoms with Crippen molar-refractivity contribution in [1.82, 2.24) is 4.98 Å². The van der Waals surface area contributed by atoms with Crippen LogP contribution >= 0.6 is 0 Å². The third-order valence-electron chi connectivity index (χ3n) is 6.36. The van der Waals surface area contributed by atoms with Crippen LogP contribution in [0.2, 0.25) is 17.3 Å². The topological polar surface area (TPSA) is 50.2 Å². The molecule has 1 heterocycles. The average molecular weight is 763 g/mol. The summed E-state index contributed by atoms with van der Waals surface area (Å²) in [5.41, 5.74) is 5.56. The molecule has 207 valence electrons. The zero-order chi connectivity index (χ0) is 28.2. The Morgan fingerprint density at radius 3 is 2.23 bits per heavy atom. The van der Waals surface area contributed by atoms with Crippen LogP contribution in [-0.4, -0.2) is 29.1 Å². The maximum atomic E-state index is 14.9. The second kappa shape index (κ2) is 13.7. The number of fused-ring (bicyclic) bond motifs is 1. The standard InChI is InChI=1S/C28H29FGeN.C5H8O2.Ir/c1-18(2)25-15-21(14-20-9-7-8-10-24(20)25)28-16-26(27(29)17-31-28)23-12-11-22(13-19(23)3)30(4,5)6;1-4(6)3-5(2)7;/h7-13,15-18H,1-6H3;3,6H,1-2H3;/q-1;;/b;4-3-;. The molecule has 0 unspecified atom stereocenters. The monoisotopic (exact) mass is 765 g/mol. The van der Waals surface area contributed by atoms with Crippen LogP contribution in [0.4, 0.5) is 4.39 Å². The van der Waals surface area contributed by atoms with Gasteiger partial charge < -0.3 is 5.11 Å². The fourth-order valence-corrected chi connectivity index (χ4v) is 6.98. The quantitative estimate of drug-likeness (QED) is 0.0961. The Morgan fingerprint density at radius 1 is 1.03 bits per heavy atom. The molecule has 6 heteroatoms. The molecule has 4 rings (SSSR count). The fourth-order valence-electron chi connectivity index (χ4n) is 4.39. The Kier molecular flexibility index (Phi) is 11.4. The van der Waals surface area contributed by atoms with Crippen molar-refractivity contribution in [2.75, 3.05) is 0 Å². The van der Waals surface area contributed by atoms with Crippen LogP contribution in [0, 0.1) is 18.8 Å². The van der Waals surface area contributed by atoms with E-state index in [1.807, 2.05) is 12.1 Å². The molecule has 3 aromatic carbocycles. The Hall–Kier alpha value is -2.60. The van der Waals surface area contributed by atoms with Gasteiger partial charge in [0.2, 0.25) is 0 Å². The number of carbonyl (C=O) groups is 1. The minimum absolute atomic E-state index is 0. The van der Waals surface area contributed by atoms with Gasteiger partial charge in [-0.3, -0.25) is 4.79 Å². The zero-order valence-corrected chi connectivity index (χ0v) is 28.4. The smallest absolute Gasteiger partial charge is 0 e. The first-order valence-electron chi connectivity index (χ1n) is 12.9. The van der Waals surface area contributed by atoms with E-state index in [1.54, 1.807) is 0 Å². The summed E-state index contributed by atoms with van der Waals surface area (Å²) in [5.74, 6) is 7.15. The first-order chi connectivity index (χ1) is 17.8. The number of aryl methyl sites for hydroxylation is 1. The molecule has 0 aliphatic rings. The molecule has 0 bridgehead atoms. The van der Waals surface area contributed by atoms with Crippen LogP contribution in [0.15, 0.2) is 72.6 Å². The summed E-state index contributed by atoms with van der Waals surface area (Å²) >= 11 is -1.94. The number of ketones is 1. The number of aliphatic hydroxyl groups excluding tert-OH is 1. The first-order valence-corrected chi connectivity index (χ1v) is 20.2. The number of allylic oxidation sites excluding steroid dienone is 2. The van der Waals surface area contributed by atoms with Crippen LogP contribution in [0.3, 0.4) is 0 Å². The van der Waals surface area contributed by atoms with Gasteiger partial charge in [0.25, 0.3) is 0 Å². The Balaban J connectivity index is 0.000000592. The summed E-state index contributed by atoms with van der Waals surface area (Å²) in [7, 11) is 0. The van der Waals surface area contributed by atoms with Crippen molar-refractivity contribution in [3.8, 4) is 22.4 Å². The number of aromatic nitrogens is 1. The molecule has 39 heavy (non-hydrogen) atoms. The second-order valence-electron chi connectivity index (χ2n) is 11.1. The molecule has 1 N–H and O–H groups in total. The fraction of sp³-hybridized carbons (Fsp3) is 0.273. The van der Waals surface area contributed by atoms with E-state index in [0.29, 0.717) is 11.5 Å². The van der Waals surface area contributed by atoms with Crippen molar-refractivity contribution in [2.45, 2.75) is 57.8 Å². The van der Waals surface area contributed by atoms with Gasteiger partial charge in [-0.15, -0.1) is 0 Å². The second-order valence-corrected chi connectivity index (χ2v) is 21.7.